The molecule has 0 spiro atoms. The standard InChI is InChI=1S/C8H21N2P/c1-7(2,3)9-11-10-8(4,5)6/h9-11H,1-6H3/p+1. The molecule has 0 aliphatic heterocycles. The van der Waals surface area contributed by atoms with Gasteiger partial charge in [0.15, 0.2) is 0 Å². The number of rotatable bonds is 2. The van der Waals surface area contributed by atoms with Crippen molar-refractivity contribution in [2.75, 3.05) is 0 Å². The molecule has 3 heteroatoms. The molecule has 0 heterocycles. The van der Waals surface area contributed by atoms with E-state index in [-0.39, 0.29) is 20.0 Å². The molecule has 0 radical (unpaired) electrons. The average molecular weight is 177 g/mol. The van der Waals surface area contributed by atoms with Crippen LogP contribution in [-0.4, -0.2) is 11.1 Å². The molecule has 0 aromatic rings. The second-order valence-electron chi connectivity index (χ2n) is 4.93. The summed E-state index contributed by atoms with van der Waals surface area (Å²) in [6.45, 7) is 13.1. The van der Waals surface area contributed by atoms with E-state index >= 15 is 0 Å². The molecule has 2 nitrogen and oxygen atoms in total. The maximum Gasteiger partial charge on any atom is 0.121 e. The molecule has 0 amide bonds. The molecule has 68 valence electrons. The van der Waals surface area contributed by atoms with Gasteiger partial charge >= 0.3 is 0 Å². The van der Waals surface area contributed by atoms with Crippen LogP contribution in [0.15, 0.2) is 0 Å². The lowest BCUT2D eigenvalue weighted by Crippen LogP contribution is -2.36. The van der Waals surface area contributed by atoms with Gasteiger partial charge in [-0.3, -0.25) is 0 Å². The third-order valence-electron chi connectivity index (χ3n) is 1.01. The van der Waals surface area contributed by atoms with Crippen molar-refractivity contribution in [3.8, 4) is 0 Å². The lowest BCUT2D eigenvalue weighted by Gasteiger charge is -2.20. The molecule has 0 saturated heterocycles. The molecule has 0 aromatic heterocycles. The Morgan fingerprint density at radius 1 is 0.727 bits per heavy atom. The maximum absolute atomic E-state index is 3.45. The first-order valence-electron chi connectivity index (χ1n) is 4.08. The Morgan fingerprint density at radius 3 is 1.18 bits per heavy atom. The van der Waals surface area contributed by atoms with Gasteiger partial charge in [-0.05, 0) is 41.5 Å². The van der Waals surface area contributed by atoms with E-state index in [1.54, 1.807) is 0 Å². The van der Waals surface area contributed by atoms with Crippen LogP contribution in [0.4, 0.5) is 0 Å². The van der Waals surface area contributed by atoms with Gasteiger partial charge in [0, 0.05) is 11.1 Å². The van der Waals surface area contributed by atoms with Crippen molar-refractivity contribution >= 4 is 8.88 Å². The molecule has 2 N–H and O–H groups in total. The summed E-state index contributed by atoms with van der Waals surface area (Å²) in [5.74, 6) is 0. The van der Waals surface area contributed by atoms with Gasteiger partial charge in [-0.25, -0.2) is 0 Å². The molecule has 0 atom stereocenters. The van der Waals surface area contributed by atoms with Crippen LogP contribution in [0.2, 0.25) is 0 Å². The number of hydrogen-bond donors (Lipinski definition) is 2. The summed E-state index contributed by atoms with van der Waals surface area (Å²) in [7, 11) is 0.169. The fraction of sp³-hybridized carbons (Fsp3) is 1.00. The van der Waals surface area contributed by atoms with Gasteiger partial charge in [-0.1, -0.05) is 0 Å². The normalized spacial score (nSPS) is 13.6. The molecular formula is C8H22N2P+. The lowest BCUT2D eigenvalue weighted by atomic mass is 10.1. The highest BCUT2D eigenvalue weighted by molar-refractivity contribution is 7.33. The van der Waals surface area contributed by atoms with E-state index < -0.39 is 0 Å². The predicted molar refractivity (Wildman–Crippen MR) is 55.5 cm³/mol. The van der Waals surface area contributed by atoms with Crippen molar-refractivity contribution in [3.05, 3.63) is 0 Å². The van der Waals surface area contributed by atoms with Crippen molar-refractivity contribution in [3.63, 3.8) is 0 Å². The zero-order chi connectivity index (χ0) is 9.12. The fourth-order valence-electron chi connectivity index (χ4n) is 0.469. The van der Waals surface area contributed by atoms with E-state index in [0.717, 1.165) is 0 Å². The summed E-state index contributed by atoms with van der Waals surface area (Å²) >= 11 is 0. The van der Waals surface area contributed by atoms with E-state index in [4.69, 9.17) is 0 Å². The quantitative estimate of drug-likeness (QED) is 0.630. The van der Waals surface area contributed by atoms with Crippen LogP contribution in [0.3, 0.4) is 0 Å². The molecule has 0 rings (SSSR count). The van der Waals surface area contributed by atoms with Crippen LogP contribution in [0.25, 0.3) is 0 Å². The summed E-state index contributed by atoms with van der Waals surface area (Å²) in [5, 5.41) is 6.90. The molecule has 0 fully saturated rings. The minimum absolute atomic E-state index is 0.169. The third-order valence-corrected chi connectivity index (χ3v) is 3.03. The van der Waals surface area contributed by atoms with Crippen LogP contribution in [0.1, 0.15) is 41.5 Å². The van der Waals surface area contributed by atoms with Crippen LogP contribution in [-0.2, 0) is 0 Å². The van der Waals surface area contributed by atoms with Crippen LogP contribution >= 0.6 is 8.88 Å². The second-order valence-corrected chi connectivity index (χ2v) is 5.80. The Labute approximate surface area is 72.4 Å². The molecular weight excluding hydrogens is 155 g/mol. The summed E-state index contributed by atoms with van der Waals surface area (Å²) in [5.41, 5.74) is 0.487. The van der Waals surface area contributed by atoms with Crippen LogP contribution < -0.4 is 10.2 Å². The van der Waals surface area contributed by atoms with Crippen molar-refractivity contribution in [1.29, 1.82) is 0 Å². The zero-order valence-corrected chi connectivity index (χ0v) is 9.73. The molecule has 0 unspecified atom stereocenters. The van der Waals surface area contributed by atoms with E-state index in [9.17, 15) is 0 Å². The highest BCUT2D eigenvalue weighted by Crippen LogP contribution is 2.13. The summed E-state index contributed by atoms with van der Waals surface area (Å²) in [4.78, 5) is 0. The molecule has 0 aliphatic rings. The van der Waals surface area contributed by atoms with E-state index in [1.165, 1.54) is 0 Å². The van der Waals surface area contributed by atoms with Crippen LogP contribution in [0.5, 0.6) is 0 Å². The molecule has 0 aliphatic carbocycles. The van der Waals surface area contributed by atoms with Gasteiger partial charge in [-0.15, -0.1) is 0 Å². The Balaban J connectivity index is 3.44. The minimum atomic E-state index is 0.169. The summed E-state index contributed by atoms with van der Waals surface area (Å²) < 4.78 is 0. The SMILES string of the molecule is CC(C)(C)N[PH2+]NC(C)(C)C. The summed E-state index contributed by atoms with van der Waals surface area (Å²) in [6, 6.07) is 0. The highest BCUT2D eigenvalue weighted by atomic mass is 31.1. The molecule has 0 bridgehead atoms. The number of hydrogen-bond acceptors (Lipinski definition) is 2. The third kappa shape index (κ3) is 10.4. The second kappa shape index (κ2) is 3.84. The highest BCUT2D eigenvalue weighted by Gasteiger charge is 2.16. The fourth-order valence-corrected chi connectivity index (χ4v) is 1.41. The van der Waals surface area contributed by atoms with E-state index in [0.29, 0.717) is 0 Å². The monoisotopic (exact) mass is 177 g/mol. The van der Waals surface area contributed by atoms with Crippen molar-refractivity contribution in [2.45, 2.75) is 52.6 Å². The molecule has 11 heavy (non-hydrogen) atoms. The topological polar surface area (TPSA) is 24.1 Å². The van der Waals surface area contributed by atoms with E-state index in [2.05, 4.69) is 51.7 Å². The Kier molecular flexibility index (Phi) is 3.96. The van der Waals surface area contributed by atoms with Crippen molar-refractivity contribution in [2.24, 2.45) is 0 Å². The first-order valence-corrected chi connectivity index (χ1v) is 5.23. The maximum atomic E-state index is 3.45. The number of nitrogens with one attached hydrogen (secondary N) is 2. The molecule has 0 saturated carbocycles. The van der Waals surface area contributed by atoms with Crippen molar-refractivity contribution < 1.29 is 0 Å². The summed E-state index contributed by atoms with van der Waals surface area (Å²) in [6.07, 6.45) is 0. The van der Waals surface area contributed by atoms with Gasteiger partial charge in [0.2, 0.25) is 0 Å². The van der Waals surface area contributed by atoms with Gasteiger partial charge in [0.1, 0.15) is 8.88 Å². The first kappa shape index (κ1) is 11.4. The largest absolute Gasteiger partial charge is 0.175 e. The van der Waals surface area contributed by atoms with Gasteiger partial charge < -0.3 is 0 Å². The van der Waals surface area contributed by atoms with Gasteiger partial charge in [0.25, 0.3) is 0 Å². The Hall–Kier alpha value is 0.350. The van der Waals surface area contributed by atoms with Crippen LogP contribution in [0, 0.1) is 0 Å². The predicted octanol–water partition coefficient (Wildman–Crippen LogP) is 2.00. The minimum Gasteiger partial charge on any atom is -0.175 e. The van der Waals surface area contributed by atoms with E-state index in [1.807, 2.05) is 0 Å². The van der Waals surface area contributed by atoms with Crippen molar-refractivity contribution in [1.82, 2.24) is 10.2 Å². The Morgan fingerprint density at radius 2 is 1.00 bits per heavy atom. The lowest BCUT2D eigenvalue weighted by molar-refractivity contribution is 0.502. The zero-order valence-electron chi connectivity index (χ0n) is 8.58. The molecule has 0 aromatic carbocycles. The first-order chi connectivity index (χ1) is 4.71. The average Bonchev–Trinajstić information content (AvgIpc) is 1.55. The smallest absolute Gasteiger partial charge is 0.121 e. The van der Waals surface area contributed by atoms with Gasteiger partial charge in [0.05, 0.1) is 0 Å². The van der Waals surface area contributed by atoms with Gasteiger partial charge in [-0.2, -0.15) is 10.2 Å². The Bertz CT molecular complexity index is 96.2.